The van der Waals surface area contributed by atoms with Crippen molar-refractivity contribution < 1.29 is 9.59 Å². The van der Waals surface area contributed by atoms with Gasteiger partial charge in [-0.2, -0.15) is 0 Å². The number of aromatic nitrogens is 1. The first-order valence-electron chi connectivity index (χ1n) is 7.73. The highest BCUT2D eigenvalue weighted by atomic mass is 32.2. The van der Waals surface area contributed by atoms with E-state index in [-0.39, 0.29) is 17.4 Å². The van der Waals surface area contributed by atoms with Crippen molar-refractivity contribution in [2.75, 3.05) is 18.2 Å². The van der Waals surface area contributed by atoms with Crippen molar-refractivity contribution >= 4 is 23.6 Å². The largest absolute Gasteiger partial charge is 0.354 e. The Morgan fingerprint density at radius 3 is 2.83 bits per heavy atom. The number of hydrogen-bond donors (Lipinski definition) is 1. The number of rotatable bonds is 5. The number of nitrogens with one attached hydrogen (secondary N) is 1. The first kappa shape index (κ1) is 17.6. The highest BCUT2D eigenvalue weighted by Gasteiger charge is 2.35. The molecule has 1 aromatic rings. The molecule has 0 aromatic carbocycles. The number of nitrogens with zero attached hydrogens (tertiary/aromatic N) is 2. The summed E-state index contributed by atoms with van der Waals surface area (Å²) in [4.78, 5) is 38.1. The number of aryl methyl sites for hydroxylation is 1. The lowest BCUT2D eigenvalue weighted by atomic mass is 10.1. The van der Waals surface area contributed by atoms with Crippen LogP contribution in [-0.2, 0) is 11.8 Å². The van der Waals surface area contributed by atoms with Crippen LogP contribution in [0.1, 0.15) is 30.6 Å². The van der Waals surface area contributed by atoms with Gasteiger partial charge in [0.05, 0.1) is 5.88 Å². The molecule has 0 aliphatic carbocycles. The van der Waals surface area contributed by atoms with Gasteiger partial charge in [0.25, 0.3) is 11.5 Å². The van der Waals surface area contributed by atoms with Crippen LogP contribution < -0.4 is 10.9 Å². The monoisotopic (exact) mass is 337 g/mol. The minimum absolute atomic E-state index is 0.118. The molecule has 1 aromatic heterocycles. The Labute approximate surface area is 140 Å². The minimum atomic E-state index is -0.469. The second kappa shape index (κ2) is 7.68. The molecule has 0 saturated carbocycles. The van der Waals surface area contributed by atoms with E-state index in [0.717, 1.165) is 6.42 Å². The maximum absolute atomic E-state index is 12.6. The molecule has 1 saturated heterocycles. The van der Waals surface area contributed by atoms with Crippen LogP contribution in [0.25, 0.3) is 0 Å². The first-order chi connectivity index (χ1) is 10.9. The lowest BCUT2D eigenvalue weighted by Gasteiger charge is -2.23. The molecule has 1 N–H and O–H groups in total. The maximum Gasteiger partial charge on any atom is 0.255 e. The Morgan fingerprint density at radius 2 is 2.17 bits per heavy atom. The summed E-state index contributed by atoms with van der Waals surface area (Å²) in [5.74, 6) is 1.19. The SMILES string of the molecule is CC(C)CCNC(=O)[C@H]1CSCN1C(=O)c1ccn(C)c(=O)c1. The third-order valence-electron chi connectivity index (χ3n) is 3.82. The number of amides is 2. The van der Waals surface area contributed by atoms with E-state index in [1.165, 1.54) is 10.6 Å². The van der Waals surface area contributed by atoms with Crippen LogP contribution in [0.3, 0.4) is 0 Å². The second-order valence-corrected chi connectivity index (χ2v) is 7.13. The van der Waals surface area contributed by atoms with Gasteiger partial charge in [-0.1, -0.05) is 13.8 Å². The number of carbonyl (C=O) groups is 2. The van der Waals surface area contributed by atoms with Gasteiger partial charge in [0.2, 0.25) is 5.91 Å². The molecule has 126 valence electrons. The second-order valence-electron chi connectivity index (χ2n) is 6.13. The summed E-state index contributed by atoms with van der Waals surface area (Å²) >= 11 is 1.55. The zero-order chi connectivity index (χ0) is 17.0. The van der Waals surface area contributed by atoms with E-state index >= 15 is 0 Å². The summed E-state index contributed by atoms with van der Waals surface area (Å²) in [5.41, 5.74) is 0.0937. The number of pyridine rings is 1. The Morgan fingerprint density at radius 1 is 1.43 bits per heavy atom. The average molecular weight is 337 g/mol. The third-order valence-corrected chi connectivity index (χ3v) is 4.83. The molecule has 2 amide bonds. The van der Waals surface area contributed by atoms with Gasteiger partial charge in [0.1, 0.15) is 6.04 Å². The molecule has 6 nitrogen and oxygen atoms in total. The van der Waals surface area contributed by atoms with Gasteiger partial charge in [0.15, 0.2) is 0 Å². The smallest absolute Gasteiger partial charge is 0.255 e. The third kappa shape index (κ3) is 4.37. The molecular weight excluding hydrogens is 314 g/mol. The number of hydrogen-bond acceptors (Lipinski definition) is 4. The zero-order valence-electron chi connectivity index (χ0n) is 13.7. The van der Waals surface area contributed by atoms with Crippen molar-refractivity contribution in [2.24, 2.45) is 13.0 Å². The molecule has 2 rings (SSSR count). The fourth-order valence-electron chi connectivity index (χ4n) is 2.31. The molecular formula is C16H23N3O3S. The van der Waals surface area contributed by atoms with Crippen molar-refractivity contribution in [3.8, 4) is 0 Å². The summed E-state index contributed by atoms with van der Waals surface area (Å²) in [5, 5.41) is 2.90. The van der Waals surface area contributed by atoms with Crippen LogP contribution in [0, 0.1) is 5.92 Å². The molecule has 0 radical (unpaired) electrons. The van der Waals surface area contributed by atoms with Crippen LogP contribution in [-0.4, -0.2) is 45.5 Å². The maximum atomic E-state index is 12.6. The predicted octanol–water partition coefficient (Wildman–Crippen LogP) is 1.06. The van der Waals surface area contributed by atoms with Gasteiger partial charge >= 0.3 is 0 Å². The average Bonchev–Trinajstić information content (AvgIpc) is 2.98. The number of carbonyl (C=O) groups excluding carboxylic acids is 2. The van der Waals surface area contributed by atoms with Gasteiger partial charge in [-0.05, 0) is 18.4 Å². The van der Waals surface area contributed by atoms with Gasteiger partial charge in [-0.3, -0.25) is 14.4 Å². The van der Waals surface area contributed by atoms with Gasteiger partial charge in [0, 0.05) is 37.2 Å². The molecule has 0 bridgehead atoms. The summed E-state index contributed by atoms with van der Waals surface area (Å²) in [6, 6.07) is 2.46. The Hall–Kier alpha value is -1.76. The van der Waals surface area contributed by atoms with E-state index in [4.69, 9.17) is 0 Å². The molecule has 1 atom stereocenters. The zero-order valence-corrected chi connectivity index (χ0v) is 14.6. The molecule has 7 heteroatoms. The van der Waals surface area contributed by atoms with E-state index in [2.05, 4.69) is 19.2 Å². The minimum Gasteiger partial charge on any atom is -0.354 e. The van der Waals surface area contributed by atoms with Crippen LogP contribution >= 0.6 is 11.8 Å². The summed E-state index contributed by atoms with van der Waals surface area (Å²) in [6.45, 7) is 4.82. The van der Waals surface area contributed by atoms with Crippen molar-refractivity contribution in [2.45, 2.75) is 26.3 Å². The van der Waals surface area contributed by atoms with Gasteiger partial charge in [-0.15, -0.1) is 11.8 Å². The molecule has 1 aliphatic rings. The van der Waals surface area contributed by atoms with Crippen LogP contribution in [0.15, 0.2) is 23.1 Å². The summed E-state index contributed by atoms with van der Waals surface area (Å²) < 4.78 is 1.41. The van der Waals surface area contributed by atoms with Gasteiger partial charge < -0.3 is 14.8 Å². The Balaban J connectivity index is 2.05. The quantitative estimate of drug-likeness (QED) is 0.872. The standard InChI is InChI=1S/C16H23N3O3S/c1-11(2)4-6-17-15(21)13-9-23-10-19(13)16(22)12-5-7-18(3)14(20)8-12/h5,7-8,11,13H,4,6,9-10H2,1-3H3,(H,17,21)/t13-/m1/s1. The van der Waals surface area contributed by atoms with Crippen LogP contribution in [0.4, 0.5) is 0 Å². The normalized spacial score (nSPS) is 17.6. The molecule has 0 unspecified atom stereocenters. The summed E-state index contributed by atoms with van der Waals surface area (Å²) in [7, 11) is 1.63. The highest BCUT2D eigenvalue weighted by molar-refractivity contribution is 7.99. The molecule has 23 heavy (non-hydrogen) atoms. The fourth-order valence-corrected chi connectivity index (χ4v) is 3.46. The Kier molecular flexibility index (Phi) is 5.87. The highest BCUT2D eigenvalue weighted by Crippen LogP contribution is 2.23. The molecule has 1 fully saturated rings. The van der Waals surface area contributed by atoms with Crippen molar-refractivity contribution in [1.29, 1.82) is 0 Å². The lowest BCUT2D eigenvalue weighted by Crippen LogP contribution is -2.47. The lowest BCUT2D eigenvalue weighted by molar-refractivity contribution is -0.124. The molecule has 0 spiro atoms. The summed E-state index contributed by atoms with van der Waals surface area (Å²) in [6.07, 6.45) is 2.48. The molecule has 2 heterocycles. The van der Waals surface area contributed by atoms with Crippen molar-refractivity contribution in [3.63, 3.8) is 0 Å². The predicted molar refractivity (Wildman–Crippen MR) is 91.4 cm³/mol. The van der Waals surface area contributed by atoms with Gasteiger partial charge in [-0.25, -0.2) is 0 Å². The van der Waals surface area contributed by atoms with Crippen molar-refractivity contribution in [1.82, 2.24) is 14.8 Å². The van der Waals surface area contributed by atoms with Crippen LogP contribution in [0.5, 0.6) is 0 Å². The van der Waals surface area contributed by atoms with E-state index in [1.54, 1.807) is 36.0 Å². The molecule has 1 aliphatic heterocycles. The number of thioether (sulfide) groups is 1. The Bertz CT molecular complexity index is 642. The van der Waals surface area contributed by atoms with E-state index < -0.39 is 6.04 Å². The van der Waals surface area contributed by atoms with E-state index in [9.17, 15) is 14.4 Å². The van der Waals surface area contributed by atoms with E-state index in [0.29, 0.717) is 29.7 Å². The van der Waals surface area contributed by atoms with E-state index in [1.807, 2.05) is 0 Å². The van der Waals surface area contributed by atoms with Crippen LogP contribution in [0.2, 0.25) is 0 Å². The topological polar surface area (TPSA) is 71.4 Å². The fraction of sp³-hybridized carbons (Fsp3) is 0.562. The van der Waals surface area contributed by atoms with Crippen molar-refractivity contribution in [3.05, 3.63) is 34.2 Å². The first-order valence-corrected chi connectivity index (χ1v) is 8.88.